The summed E-state index contributed by atoms with van der Waals surface area (Å²) in [6.07, 6.45) is 11.2. The highest BCUT2D eigenvalue weighted by Gasteiger charge is 2.15. The Balaban J connectivity index is 2.52. The van der Waals surface area contributed by atoms with Gasteiger partial charge in [-0.2, -0.15) is 0 Å². The molecule has 1 aromatic rings. The van der Waals surface area contributed by atoms with Crippen molar-refractivity contribution < 1.29 is 4.79 Å². The van der Waals surface area contributed by atoms with E-state index in [0.717, 1.165) is 21.8 Å². The van der Waals surface area contributed by atoms with Crippen molar-refractivity contribution in [2.24, 2.45) is 0 Å². The van der Waals surface area contributed by atoms with E-state index in [1.807, 2.05) is 24.3 Å². The lowest BCUT2D eigenvalue weighted by molar-refractivity contribution is 0.104. The van der Waals surface area contributed by atoms with E-state index >= 15 is 0 Å². The summed E-state index contributed by atoms with van der Waals surface area (Å²) in [6.45, 7) is 0. The highest BCUT2D eigenvalue weighted by molar-refractivity contribution is 6.09. The third-order valence-corrected chi connectivity index (χ3v) is 2.38. The minimum Gasteiger partial charge on any atom is -0.354 e. The zero-order valence-electron chi connectivity index (χ0n) is 6.87. The van der Waals surface area contributed by atoms with E-state index in [1.54, 1.807) is 12.2 Å². The van der Waals surface area contributed by atoms with Gasteiger partial charge in [-0.1, -0.05) is 18.2 Å². The van der Waals surface area contributed by atoms with Gasteiger partial charge in [-0.3, -0.25) is 4.79 Å². The Kier molecular flexibility index (Phi) is 1.08. The van der Waals surface area contributed by atoms with Gasteiger partial charge in [0, 0.05) is 10.9 Å². The van der Waals surface area contributed by atoms with Gasteiger partial charge in [0.1, 0.15) is 0 Å². The Morgan fingerprint density at radius 2 is 1.77 bits per heavy atom. The Hall–Kier alpha value is -1.83. The molecule has 62 valence electrons. The van der Waals surface area contributed by atoms with Gasteiger partial charge in [-0.05, 0) is 18.2 Å². The maximum atomic E-state index is 11.5. The van der Waals surface area contributed by atoms with Gasteiger partial charge in [0.25, 0.3) is 0 Å². The zero-order chi connectivity index (χ0) is 8.84. The van der Waals surface area contributed by atoms with Crippen LogP contribution in [0.4, 0.5) is 0 Å². The van der Waals surface area contributed by atoms with E-state index in [-0.39, 0.29) is 5.78 Å². The number of nitrogens with one attached hydrogen (secondary N) is 1. The number of ketones is 1. The molecule has 1 heterocycles. The lowest BCUT2D eigenvalue weighted by Crippen LogP contribution is -2.16. The quantitative estimate of drug-likeness (QED) is 0.597. The molecule has 0 aromatic carbocycles. The van der Waals surface area contributed by atoms with Crippen molar-refractivity contribution in [1.82, 2.24) is 4.98 Å². The average molecular weight is 169 g/mol. The summed E-state index contributed by atoms with van der Waals surface area (Å²) < 4.78 is 0. The lowest BCUT2D eigenvalue weighted by Gasteiger charge is -1.96. The molecule has 1 N–H and O–H groups in total. The highest BCUT2D eigenvalue weighted by Crippen LogP contribution is 2.09. The Bertz CT molecular complexity index is 570. The summed E-state index contributed by atoms with van der Waals surface area (Å²) in [4.78, 5) is 14.7. The molecule has 0 saturated carbocycles. The van der Waals surface area contributed by atoms with Crippen molar-refractivity contribution in [3.05, 3.63) is 40.1 Å². The molecule has 0 amide bonds. The molecule has 0 bridgehead atoms. The van der Waals surface area contributed by atoms with Gasteiger partial charge in [-0.15, -0.1) is 0 Å². The second-order valence-electron chi connectivity index (χ2n) is 3.16. The SMILES string of the molecule is O=C1C=CC=c2[nH]c3c(c21)C=CC=3. The van der Waals surface area contributed by atoms with E-state index in [1.165, 1.54) is 0 Å². The Morgan fingerprint density at radius 3 is 2.69 bits per heavy atom. The second kappa shape index (κ2) is 2.10. The molecular formula is C11H7NO. The van der Waals surface area contributed by atoms with Crippen LogP contribution in [0.1, 0.15) is 15.9 Å². The first-order valence-corrected chi connectivity index (χ1v) is 4.19. The van der Waals surface area contributed by atoms with Crippen LogP contribution in [-0.4, -0.2) is 10.8 Å². The van der Waals surface area contributed by atoms with Crippen LogP contribution in [0.5, 0.6) is 0 Å². The maximum absolute atomic E-state index is 11.5. The van der Waals surface area contributed by atoms with Gasteiger partial charge in [0.15, 0.2) is 5.78 Å². The molecule has 2 heteroatoms. The van der Waals surface area contributed by atoms with Crippen molar-refractivity contribution in [3.8, 4) is 0 Å². The number of aromatic nitrogens is 1. The normalized spacial score (nSPS) is 16.5. The molecule has 0 spiro atoms. The van der Waals surface area contributed by atoms with Crippen molar-refractivity contribution in [2.75, 3.05) is 0 Å². The first kappa shape index (κ1) is 6.66. The van der Waals surface area contributed by atoms with Crippen LogP contribution < -0.4 is 10.7 Å². The summed E-state index contributed by atoms with van der Waals surface area (Å²) in [5.74, 6) is 0.0925. The standard InChI is InChI=1S/C11H7NO/c13-10-6-2-5-9-11(10)7-3-1-4-8(7)12-9/h1-6,12H. The number of carbonyl (C=O) groups excluding carboxylic acids is 1. The predicted molar refractivity (Wildman–Crippen MR) is 51.5 cm³/mol. The van der Waals surface area contributed by atoms with Gasteiger partial charge >= 0.3 is 0 Å². The van der Waals surface area contributed by atoms with E-state index in [9.17, 15) is 4.79 Å². The third kappa shape index (κ3) is 0.746. The average Bonchev–Trinajstić information content (AvgIpc) is 2.62. The zero-order valence-corrected chi connectivity index (χ0v) is 6.87. The molecule has 0 radical (unpaired) electrons. The summed E-state index contributed by atoms with van der Waals surface area (Å²) >= 11 is 0. The van der Waals surface area contributed by atoms with Crippen molar-refractivity contribution in [3.63, 3.8) is 0 Å². The third-order valence-electron chi connectivity index (χ3n) is 2.38. The van der Waals surface area contributed by atoms with Crippen molar-refractivity contribution in [1.29, 1.82) is 0 Å². The van der Waals surface area contributed by atoms with Gasteiger partial charge in [0.2, 0.25) is 0 Å². The number of carbonyl (C=O) groups is 1. The smallest absolute Gasteiger partial charge is 0.188 e. The van der Waals surface area contributed by atoms with Gasteiger partial charge in [0.05, 0.1) is 10.9 Å². The predicted octanol–water partition coefficient (Wildman–Crippen LogP) is 0.355. The first-order valence-electron chi connectivity index (χ1n) is 4.19. The molecular weight excluding hydrogens is 162 g/mol. The summed E-state index contributed by atoms with van der Waals surface area (Å²) in [5, 5.41) is 1.97. The molecule has 0 aliphatic heterocycles. The molecule has 0 fully saturated rings. The lowest BCUT2D eigenvalue weighted by atomic mass is 10.0. The fraction of sp³-hybridized carbons (Fsp3) is 0. The van der Waals surface area contributed by atoms with E-state index in [4.69, 9.17) is 0 Å². The van der Waals surface area contributed by atoms with E-state index < -0.39 is 0 Å². The van der Waals surface area contributed by atoms with Gasteiger partial charge < -0.3 is 4.98 Å². The molecule has 3 rings (SSSR count). The molecule has 2 aliphatic rings. The molecule has 0 saturated heterocycles. The number of hydrogen-bond acceptors (Lipinski definition) is 1. The fourth-order valence-corrected chi connectivity index (χ4v) is 1.81. The van der Waals surface area contributed by atoms with Crippen molar-refractivity contribution >= 4 is 24.0 Å². The van der Waals surface area contributed by atoms with Crippen LogP contribution >= 0.6 is 0 Å². The van der Waals surface area contributed by atoms with Crippen LogP contribution in [0.25, 0.3) is 18.2 Å². The number of aromatic amines is 1. The topological polar surface area (TPSA) is 32.9 Å². The van der Waals surface area contributed by atoms with Crippen LogP contribution in [0.3, 0.4) is 0 Å². The van der Waals surface area contributed by atoms with Crippen LogP contribution in [0.15, 0.2) is 18.2 Å². The summed E-state index contributed by atoms with van der Waals surface area (Å²) in [6, 6.07) is 0. The minimum atomic E-state index is 0.0925. The molecule has 0 unspecified atom stereocenters. The molecule has 13 heavy (non-hydrogen) atoms. The number of rotatable bonds is 0. The maximum Gasteiger partial charge on any atom is 0.188 e. The van der Waals surface area contributed by atoms with Gasteiger partial charge in [-0.25, -0.2) is 0 Å². The highest BCUT2D eigenvalue weighted by atomic mass is 16.1. The molecule has 1 aromatic heterocycles. The first-order chi connectivity index (χ1) is 6.36. The van der Waals surface area contributed by atoms with E-state index in [2.05, 4.69) is 4.98 Å². The molecule has 0 atom stereocenters. The largest absolute Gasteiger partial charge is 0.354 e. The summed E-state index contributed by atoms with van der Waals surface area (Å²) in [7, 11) is 0. The molecule has 2 nitrogen and oxygen atoms in total. The fourth-order valence-electron chi connectivity index (χ4n) is 1.81. The number of fused-ring (bicyclic) bond motifs is 3. The van der Waals surface area contributed by atoms with Crippen molar-refractivity contribution in [2.45, 2.75) is 0 Å². The monoisotopic (exact) mass is 169 g/mol. The van der Waals surface area contributed by atoms with Crippen LogP contribution in [0.2, 0.25) is 0 Å². The number of hydrogen-bond donors (Lipinski definition) is 1. The number of H-pyrrole nitrogens is 1. The minimum absolute atomic E-state index is 0.0925. The summed E-state index contributed by atoms with van der Waals surface area (Å²) in [5.41, 5.74) is 1.84. The molecule has 2 aliphatic carbocycles. The van der Waals surface area contributed by atoms with Crippen LogP contribution in [0, 0.1) is 0 Å². The Labute approximate surface area is 74.6 Å². The number of allylic oxidation sites excluding steroid dienone is 3. The van der Waals surface area contributed by atoms with E-state index in [0.29, 0.717) is 0 Å². The second-order valence-corrected chi connectivity index (χ2v) is 3.16. The Morgan fingerprint density at radius 1 is 1.00 bits per heavy atom. The van der Waals surface area contributed by atoms with Crippen LogP contribution in [-0.2, 0) is 0 Å².